The number of nitro groups is 1. The molecule has 0 aromatic heterocycles. The number of hydrogen-bond acceptors (Lipinski definition) is 8. The first-order valence-corrected chi connectivity index (χ1v) is 13.5. The summed E-state index contributed by atoms with van der Waals surface area (Å²) in [4.78, 5) is 39.6. The number of nitrogens with one attached hydrogen (secondary N) is 1. The molecule has 0 atom stereocenters. The van der Waals surface area contributed by atoms with Gasteiger partial charge in [-0.1, -0.05) is 35.9 Å². The normalized spacial score (nSPS) is 13.3. The first-order chi connectivity index (χ1) is 20.0. The van der Waals surface area contributed by atoms with E-state index >= 15 is 0 Å². The molecule has 11 heteroatoms. The van der Waals surface area contributed by atoms with E-state index in [0.717, 1.165) is 30.6 Å². The molecular formula is C31H37N5O6. The number of benzene rings is 3. The van der Waals surface area contributed by atoms with E-state index < -0.39 is 16.4 Å². The minimum absolute atomic E-state index is 0.163. The Bertz CT molecular complexity index is 1430. The maximum atomic E-state index is 13.0. The standard InChI is InChI=1S/C26H28N4O4.C5H9NO2/c1-17-6-4-7-18(12-17)22-15-23(27)20(16-28-11-10-26(2,3)32)14-24(22)29-25(31)19-8-5-9-21(13-19)30(33)34;7-5-6-1-3-8-4-2-6/h4-9,12-16,32H,10-11,27H2,1-3H3,(H,29,31);5H,1-4H2. The van der Waals surface area contributed by atoms with Crippen molar-refractivity contribution in [2.24, 2.45) is 4.99 Å². The van der Waals surface area contributed by atoms with Crippen molar-refractivity contribution in [1.29, 1.82) is 0 Å². The average Bonchev–Trinajstić information content (AvgIpc) is 2.96. The van der Waals surface area contributed by atoms with Gasteiger partial charge in [0.1, 0.15) is 0 Å². The van der Waals surface area contributed by atoms with E-state index in [0.29, 0.717) is 48.7 Å². The highest BCUT2D eigenvalue weighted by atomic mass is 16.6. The molecule has 0 unspecified atom stereocenters. The molecule has 1 aliphatic heterocycles. The fourth-order valence-corrected chi connectivity index (χ4v) is 4.04. The maximum absolute atomic E-state index is 13.0. The summed E-state index contributed by atoms with van der Waals surface area (Å²) in [5.74, 6) is -0.479. The summed E-state index contributed by atoms with van der Waals surface area (Å²) in [6, 6.07) is 16.8. The summed E-state index contributed by atoms with van der Waals surface area (Å²) in [7, 11) is 0. The van der Waals surface area contributed by atoms with Gasteiger partial charge in [-0.15, -0.1) is 0 Å². The fourth-order valence-electron chi connectivity index (χ4n) is 4.04. The van der Waals surface area contributed by atoms with E-state index in [1.165, 1.54) is 24.3 Å². The number of carbonyl (C=O) groups excluding carboxylic acids is 2. The predicted octanol–water partition coefficient (Wildman–Crippen LogP) is 4.46. The highest BCUT2D eigenvalue weighted by Gasteiger charge is 2.16. The topological polar surface area (TPSA) is 160 Å². The van der Waals surface area contributed by atoms with Crippen LogP contribution in [-0.2, 0) is 9.53 Å². The molecule has 3 aromatic rings. The van der Waals surface area contributed by atoms with Crippen LogP contribution < -0.4 is 11.1 Å². The van der Waals surface area contributed by atoms with Gasteiger partial charge in [0.25, 0.3) is 11.6 Å². The van der Waals surface area contributed by atoms with E-state index in [2.05, 4.69) is 10.3 Å². The molecule has 1 aliphatic rings. The summed E-state index contributed by atoms with van der Waals surface area (Å²) in [5.41, 5.74) is 9.71. The van der Waals surface area contributed by atoms with Crippen LogP contribution in [0.15, 0.2) is 65.7 Å². The molecule has 3 aromatic carbocycles. The van der Waals surface area contributed by atoms with E-state index in [1.54, 1.807) is 37.1 Å². The quantitative estimate of drug-likeness (QED) is 0.112. The first-order valence-electron chi connectivity index (χ1n) is 13.5. The lowest BCUT2D eigenvalue weighted by Gasteiger charge is -2.21. The zero-order valence-corrected chi connectivity index (χ0v) is 24.1. The van der Waals surface area contributed by atoms with Crippen LogP contribution in [0.25, 0.3) is 11.1 Å². The molecule has 0 bridgehead atoms. The molecule has 4 N–H and O–H groups in total. The number of morpholine rings is 1. The number of rotatable bonds is 9. The second-order valence-corrected chi connectivity index (χ2v) is 10.5. The van der Waals surface area contributed by atoms with Gasteiger partial charge < -0.3 is 25.8 Å². The van der Waals surface area contributed by atoms with Crippen LogP contribution in [-0.4, -0.2) is 71.9 Å². The minimum Gasteiger partial charge on any atom is -0.398 e. The van der Waals surface area contributed by atoms with Crippen LogP contribution in [0, 0.1) is 17.0 Å². The lowest BCUT2D eigenvalue weighted by molar-refractivity contribution is -0.384. The Hall–Kier alpha value is -4.61. The second kappa shape index (κ2) is 14.9. The molecule has 1 heterocycles. The number of amides is 2. The van der Waals surface area contributed by atoms with Gasteiger partial charge in [0.2, 0.25) is 6.41 Å². The van der Waals surface area contributed by atoms with Gasteiger partial charge in [-0.05, 0) is 51.0 Å². The largest absolute Gasteiger partial charge is 0.398 e. The Balaban J connectivity index is 0.000000521. The SMILES string of the molecule is Cc1cccc(-c2cc(N)c(C=NCCC(C)(C)O)cc2NC(=O)c2cccc([N+](=O)[O-])c2)c1.O=CN1CCOCC1. The zero-order chi connectivity index (χ0) is 30.7. The van der Waals surface area contributed by atoms with Crippen molar-refractivity contribution < 1.29 is 24.4 Å². The highest BCUT2D eigenvalue weighted by molar-refractivity contribution is 6.08. The third-order valence-corrected chi connectivity index (χ3v) is 6.40. The van der Waals surface area contributed by atoms with Crippen LogP contribution in [0.1, 0.15) is 41.8 Å². The minimum atomic E-state index is -0.824. The third-order valence-electron chi connectivity index (χ3n) is 6.40. The zero-order valence-electron chi connectivity index (χ0n) is 24.1. The van der Waals surface area contributed by atoms with Gasteiger partial charge in [0.05, 0.1) is 23.7 Å². The molecule has 1 saturated heterocycles. The Morgan fingerprint density at radius 1 is 1.17 bits per heavy atom. The Morgan fingerprint density at radius 2 is 1.88 bits per heavy atom. The third kappa shape index (κ3) is 9.79. The summed E-state index contributed by atoms with van der Waals surface area (Å²) in [6.45, 7) is 8.71. The maximum Gasteiger partial charge on any atom is 0.270 e. The molecule has 0 radical (unpaired) electrons. The number of aliphatic imine (C=N–C) groups is 1. The van der Waals surface area contributed by atoms with Crippen LogP contribution >= 0.6 is 0 Å². The number of aliphatic hydroxyl groups is 1. The molecule has 11 nitrogen and oxygen atoms in total. The van der Waals surface area contributed by atoms with Crippen molar-refractivity contribution in [3.05, 3.63) is 87.5 Å². The summed E-state index contributed by atoms with van der Waals surface area (Å²) in [6.07, 6.45) is 2.97. The van der Waals surface area contributed by atoms with Crippen LogP contribution in [0.3, 0.4) is 0 Å². The number of non-ortho nitro benzene ring substituents is 1. The van der Waals surface area contributed by atoms with Gasteiger partial charge in [0.15, 0.2) is 0 Å². The van der Waals surface area contributed by atoms with Crippen LogP contribution in [0.2, 0.25) is 0 Å². The van der Waals surface area contributed by atoms with Crippen molar-refractivity contribution in [2.45, 2.75) is 32.8 Å². The van der Waals surface area contributed by atoms with Crippen molar-refractivity contribution in [3.8, 4) is 11.1 Å². The Morgan fingerprint density at radius 3 is 2.50 bits per heavy atom. The molecule has 42 heavy (non-hydrogen) atoms. The van der Waals surface area contributed by atoms with E-state index in [4.69, 9.17) is 10.5 Å². The Labute approximate surface area is 245 Å². The van der Waals surface area contributed by atoms with Gasteiger partial charge >= 0.3 is 0 Å². The highest BCUT2D eigenvalue weighted by Crippen LogP contribution is 2.33. The van der Waals surface area contributed by atoms with E-state index in [-0.39, 0.29) is 11.3 Å². The smallest absolute Gasteiger partial charge is 0.270 e. The van der Waals surface area contributed by atoms with Gasteiger partial charge in [-0.3, -0.25) is 24.7 Å². The van der Waals surface area contributed by atoms with Crippen molar-refractivity contribution in [1.82, 2.24) is 4.90 Å². The molecule has 0 aliphatic carbocycles. The van der Waals surface area contributed by atoms with Crippen LogP contribution in [0.5, 0.6) is 0 Å². The number of nitrogens with two attached hydrogens (primary N) is 1. The van der Waals surface area contributed by atoms with E-state index in [1.807, 2.05) is 31.2 Å². The van der Waals surface area contributed by atoms with Crippen molar-refractivity contribution in [2.75, 3.05) is 43.9 Å². The molecule has 4 rings (SSSR count). The number of nitrogens with zero attached hydrogens (tertiary/aromatic N) is 3. The molecular weight excluding hydrogens is 538 g/mol. The number of carbonyl (C=O) groups is 2. The average molecular weight is 576 g/mol. The number of nitro benzene ring substituents is 1. The summed E-state index contributed by atoms with van der Waals surface area (Å²) >= 11 is 0. The monoisotopic (exact) mass is 575 g/mol. The van der Waals surface area contributed by atoms with Crippen LogP contribution in [0.4, 0.5) is 17.1 Å². The molecule has 1 fully saturated rings. The number of aryl methyl sites for hydroxylation is 1. The Kier molecular flexibility index (Phi) is 11.3. The number of nitrogen functional groups attached to an aromatic ring is 1. The second-order valence-electron chi connectivity index (χ2n) is 10.5. The van der Waals surface area contributed by atoms with Gasteiger partial charge in [0, 0.05) is 66.0 Å². The molecule has 0 spiro atoms. The summed E-state index contributed by atoms with van der Waals surface area (Å²) in [5, 5.41) is 23.8. The lowest BCUT2D eigenvalue weighted by atomic mass is 9.98. The number of anilines is 2. The summed E-state index contributed by atoms with van der Waals surface area (Å²) < 4.78 is 5.00. The predicted molar refractivity (Wildman–Crippen MR) is 164 cm³/mol. The number of hydrogen-bond donors (Lipinski definition) is 3. The van der Waals surface area contributed by atoms with Gasteiger partial charge in [-0.25, -0.2) is 0 Å². The van der Waals surface area contributed by atoms with Crippen molar-refractivity contribution >= 4 is 35.6 Å². The van der Waals surface area contributed by atoms with E-state index in [9.17, 15) is 24.8 Å². The number of ether oxygens (including phenoxy) is 1. The lowest BCUT2D eigenvalue weighted by Crippen LogP contribution is -2.34. The molecule has 222 valence electrons. The van der Waals surface area contributed by atoms with Gasteiger partial charge in [-0.2, -0.15) is 0 Å². The first kappa shape index (κ1) is 31.9. The fraction of sp³-hybridized carbons (Fsp3) is 0.323. The molecule has 0 saturated carbocycles. The molecule has 2 amide bonds. The van der Waals surface area contributed by atoms with Crippen molar-refractivity contribution in [3.63, 3.8) is 0 Å².